The van der Waals surface area contributed by atoms with Gasteiger partial charge in [-0.2, -0.15) is 0 Å². The Bertz CT molecular complexity index is 1340. The number of methoxy groups -OCH3 is 3. The molecule has 0 aromatic heterocycles. The van der Waals surface area contributed by atoms with Crippen molar-refractivity contribution in [1.82, 2.24) is 5.32 Å². The fraction of sp³-hybridized carbons (Fsp3) is 0.286. The first-order chi connectivity index (χ1) is 17.4. The van der Waals surface area contributed by atoms with Gasteiger partial charge in [0.05, 0.1) is 33.1 Å². The number of hydrogen-bond acceptors (Lipinski definition) is 6. The first-order valence-electron chi connectivity index (χ1n) is 11.6. The number of nitrogens with one attached hydrogen (secondary N) is 2. The molecule has 2 N–H and O–H groups in total. The maximum Gasteiger partial charge on any atom is 0.217 e. The largest absolute Gasteiger partial charge is 0.493 e. The van der Waals surface area contributed by atoms with Crippen LogP contribution in [0.3, 0.4) is 0 Å². The molecule has 1 amide bonds. The molecule has 1 aliphatic carbocycles. The zero-order valence-electron chi connectivity index (χ0n) is 20.7. The summed E-state index contributed by atoms with van der Waals surface area (Å²) in [5.74, 6) is 1.38. The number of aryl methyl sites for hydroxylation is 1. The zero-order chi connectivity index (χ0) is 25.8. The van der Waals surface area contributed by atoms with Crippen LogP contribution < -0.4 is 30.3 Å². The lowest BCUT2D eigenvalue weighted by atomic mass is 9.95. The molecule has 0 saturated heterocycles. The van der Waals surface area contributed by atoms with Crippen molar-refractivity contribution in [3.05, 3.63) is 80.5 Å². The van der Waals surface area contributed by atoms with Crippen LogP contribution in [0.25, 0.3) is 11.1 Å². The molecule has 4 rings (SSSR count). The van der Waals surface area contributed by atoms with Gasteiger partial charge >= 0.3 is 0 Å². The summed E-state index contributed by atoms with van der Waals surface area (Å²) in [4.78, 5) is 25.4. The van der Waals surface area contributed by atoms with Crippen molar-refractivity contribution in [3.8, 4) is 28.4 Å². The number of fused-ring (bicyclic) bond motifs is 3. The molecule has 0 spiro atoms. The molecule has 36 heavy (non-hydrogen) atoms. The van der Waals surface area contributed by atoms with E-state index in [-0.39, 0.29) is 17.4 Å². The lowest BCUT2D eigenvalue weighted by molar-refractivity contribution is -0.119. The Morgan fingerprint density at radius 1 is 1.00 bits per heavy atom. The van der Waals surface area contributed by atoms with Gasteiger partial charge in [0.1, 0.15) is 0 Å². The molecular weight excluding hydrogens is 480 g/mol. The molecule has 0 radical (unpaired) electrons. The van der Waals surface area contributed by atoms with Gasteiger partial charge in [0.2, 0.25) is 17.1 Å². The average Bonchev–Trinajstić information content (AvgIpc) is 3.11. The highest BCUT2D eigenvalue weighted by molar-refractivity contribution is 6.30. The average molecular weight is 509 g/mol. The third kappa shape index (κ3) is 5.11. The number of carbonyl (C=O) groups is 1. The topological polar surface area (TPSA) is 85.9 Å². The molecule has 0 fully saturated rings. The molecule has 3 aromatic carbocycles. The lowest BCUT2D eigenvalue weighted by Gasteiger charge is -2.19. The Kier molecular flexibility index (Phi) is 7.70. The summed E-state index contributed by atoms with van der Waals surface area (Å²) >= 11 is 5.99. The monoisotopic (exact) mass is 508 g/mol. The molecular formula is C28H29ClN2O5. The van der Waals surface area contributed by atoms with Gasteiger partial charge in [0.25, 0.3) is 0 Å². The van der Waals surface area contributed by atoms with Gasteiger partial charge in [-0.25, -0.2) is 0 Å². The number of carbonyl (C=O) groups excluding carboxylic acids is 1. The summed E-state index contributed by atoms with van der Waals surface area (Å²) < 4.78 is 17.0. The summed E-state index contributed by atoms with van der Waals surface area (Å²) in [6.45, 7) is 1.94. The van der Waals surface area contributed by atoms with Gasteiger partial charge in [0.15, 0.2) is 11.5 Å². The van der Waals surface area contributed by atoms with Gasteiger partial charge in [0, 0.05) is 24.1 Å². The number of amides is 1. The Morgan fingerprint density at radius 2 is 1.72 bits per heavy atom. The number of halogens is 1. The summed E-state index contributed by atoms with van der Waals surface area (Å²) in [5.41, 5.74) is 4.57. The van der Waals surface area contributed by atoms with E-state index in [1.165, 1.54) is 6.92 Å². The van der Waals surface area contributed by atoms with Crippen molar-refractivity contribution < 1.29 is 19.0 Å². The van der Waals surface area contributed by atoms with E-state index in [0.29, 0.717) is 47.3 Å². The van der Waals surface area contributed by atoms with Gasteiger partial charge in [-0.15, -0.1) is 0 Å². The first kappa shape index (κ1) is 25.4. The maximum atomic E-state index is 13.3. The van der Waals surface area contributed by atoms with E-state index in [0.717, 1.165) is 27.8 Å². The predicted molar refractivity (Wildman–Crippen MR) is 141 cm³/mol. The number of rotatable bonds is 7. The van der Waals surface area contributed by atoms with E-state index >= 15 is 0 Å². The van der Waals surface area contributed by atoms with Gasteiger partial charge in [-0.05, 0) is 65.4 Å². The van der Waals surface area contributed by atoms with E-state index in [1.807, 2.05) is 36.4 Å². The molecule has 0 heterocycles. The maximum absolute atomic E-state index is 13.3. The third-order valence-electron chi connectivity index (χ3n) is 6.31. The van der Waals surface area contributed by atoms with Crippen LogP contribution in [0.5, 0.6) is 17.2 Å². The van der Waals surface area contributed by atoms with Crippen LogP contribution in [0.4, 0.5) is 5.69 Å². The normalized spacial score (nSPS) is 14.1. The molecule has 1 aliphatic rings. The van der Waals surface area contributed by atoms with Crippen LogP contribution >= 0.6 is 11.6 Å². The molecule has 3 aromatic rings. The van der Waals surface area contributed by atoms with Crippen molar-refractivity contribution in [2.75, 3.05) is 26.6 Å². The van der Waals surface area contributed by atoms with Crippen molar-refractivity contribution >= 4 is 23.2 Å². The number of hydrogen-bond donors (Lipinski definition) is 2. The van der Waals surface area contributed by atoms with Crippen molar-refractivity contribution in [2.24, 2.45) is 0 Å². The highest BCUT2D eigenvalue weighted by Gasteiger charge is 2.29. The Hall–Kier alpha value is -3.71. The lowest BCUT2D eigenvalue weighted by Crippen LogP contribution is -2.26. The minimum absolute atomic E-state index is 0.168. The van der Waals surface area contributed by atoms with E-state index in [9.17, 15) is 9.59 Å². The van der Waals surface area contributed by atoms with E-state index in [4.69, 9.17) is 25.8 Å². The van der Waals surface area contributed by atoms with Crippen LogP contribution in [-0.2, 0) is 17.8 Å². The molecule has 1 unspecified atom stereocenters. The Morgan fingerprint density at radius 3 is 2.36 bits per heavy atom. The molecule has 188 valence electrons. The second-order valence-electron chi connectivity index (χ2n) is 8.58. The molecule has 1 atom stereocenters. The fourth-order valence-electron chi connectivity index (χ4n) is 4.65. The van der Waals surface area contributed by atoms with E-state index in [1.54, 1.807) is 33.5 Å². The number of benzene rings is 2. The van der Waals surface area contributed by atoms with Crippen LogP contribution in [0.2, 0.25) is 5.02 Å². The fourth-order valence-corrected chi connectivity index (χ4v) is 4.78. The van der Waals surface area contributed by atoms with Crippen LogP contribution in [0, 0.1) is 0 Å². The minimum atomic E-state index is -0.351. The minimum Gasteiger partial charge on any atom is -0.493 e. The summed E-state index contributed by atoms with van der Waals surface area (Å²) in [6, 6.07) is 14.3. The second kappa shape index (κ2) is 10.9. The summed E-state index contributed by atoms with van der Waals surface area (Å²) in [5, 5.41) is 6.91. The predicted octanol–water partition coefficient (Wildman–Crippen LogP) is 5.13. The molecule has 7 nitrogen and oxygen atoms in total. The number of ether oxygens (including phenoxy) is 3. The SMILES string of the molecule is COc1cc2c(c(OC)c1OC)-c1ccc(NCc3ccc(Cl)cc3)c(=O)cc1C(NC(C)=O)CC2. The molecule has 8 heteroatoms. The number of anilines is 1. The second-order valence-corrected chi connectivity index (χ2v) is 9.01. The standard InChI is InChI=1S/C28H29ClN2O5/c1-16(32)31-22-11-7-18-13-25(34-2)27(35-3)28(36-4)26(18)20-10-12-23(24(33)14-21(20)22)30-15-17-5-8-19(29)9-6-17/h5-6,8-10,12-14,22H,7,11,15H2,1-4H3,(H,30,33)(H,31,32). The highest BCUT2D eigenvalue weighted by Crippen LogP contribution is 2.50. The van der Waals surface area contributed by atoms with Crippen molar-refractivity contribution in [2.45, 2.75) is 32.4 Å². The van der Waals surface area contributed by atoms with E-state index in [2.05, 4.69) is 10.6 Å². The van der Waals surface area contributed by atoms with E-state index < -0.39 is 0 Å². The smallest absolute Gasteiger partial charge is 0.217 e. The van der Waals surface area contributed by atoms with Crippen molar-refractivity contribution in [3.63, 3.8) is 0 Å². The molecule has 0 bridgehead atoms. The van der Waals surface area contributed by atoms with Crippen molar-refractivity contribution in [1.29, 1.82) is 0 Å². The van der Waals surface area contributed by atoms with Crippen LogP contribution in [-0.4, -0.2) is 27.2 Å². The Labute approximate surface area is 215 Å². The third-order valence-corrected chi connectivity index (χ3v) is 6.56. The van der Waals surface area contributed by atoms with Crippen LogP contribution in [0.15, 0.2) is 53.3 Å². The van der Waals surface area contributed by atoms with Crippen LogP contribution in [0.1, 0.15) is 36.1 Å². The Balaban J connectivity index is 1.89. The summed E-state index contributed by atoms with van der Waals surface area (Å²) in [6.07, 6.45) is 1.25. The van der Waals surface area contributed by atoms with Gasteiger partial charge in [-0.3, -0.25) is 9.59 Å². The van der Waals surface area contributed by atoms with Gasteiger partial charge in [-0.1, -0.05) is 29.8 Å². The quantitative estimate of drug-likeness (QED) is 0.460. The summed E-state index contributed by atoms with van der Waals surface area (Å²) in [7, 11) is 4.72. The molecule has 0 aliphatic heterocycles. The van der Waals surface area contributed by atoms with Gasteiger partial charge < -0.3 is 24.8 Å². The molecule has 0 saturated carbocycles. The first-order valence-corrected chi connectivity index (χ1v) is 12.0. The highest BCUT2D eigenvalue weighted by atomic mass is 35.5. The zero-order valence-corrected chi connectivity index (χ0v) is 21.5.